The Labute approximate surface area is 178 Å². The minimum atomic E-state index is -4.69. The van der Waals surface area contributed by atoms with E-state index in [0.717, 1.165) is 28.0 Å². The van der Waals surface area contributed by atoms with Crippen LogP contribution in [0.2, 0.25) is 0 Å². The van der Waals surface area contributed by atoms with Crippen LogP contribution < -0.4 is 11.1 Å². The molecular formula is C14H11ClF3N5O5S2. The number of aliphatic carboxylic acids is 1. The maximum absolute atomic E-state index is 12.6. The monoisotopic (exact) mass is 485 g/mol. The van der Waals surface area contributed by atoms with Crippen molar-refractivity contribution < 1.29 is 37.5 Å². The van der Waals surface area contributed by atoms with Gasteiger partial charge in [-0.1, -0.05) is 16.8 Å². The van der Waals surface area contributed by atoms with Gasteiger partial charge in [0.25, 0.3) is 11.8 Å². The lowest BCUT2D eigenvalue weighted by Crippen LogP contribution is -2.71. The quantitative estimate of drug-likeness (QED) is 0.306. The summed E-state index contributed by atoms with van der Waals surface area (Å²) in [6, 6.07) is -1.15. The lowest BCUT2D eigenvalue weighted by Gasteiger charge is -2.48. The van der Waals surface area contributed by atoms with E-state index in [4.69, 9.17) is 17.3 Å². The average molecular weight is 486 g/mol. The van der Waals surface area contributed by atoms with Gasteiger partial charge in [0, 0.05) is 11.1 Å². The van der Waals surface area contributed by atoms with Crippen LogP contribution in [0.15, 0.2) is 21.3 Å². The number of thioether (sulfide) groups is 1. The number of oxime groups is 1. The first-order chi connectivity index (χ1) is 14.0. The Kier molecular flexibility index (Phi) is 6.14. The predicted molar refractivity (Wildman–Crippen MR) is 101 cm³/mol. The number of β-lactam (4-membered cyclic amide) rings is 1. The summed E-state index contributed by atoms with van der Waals surface area (Å²) in [6.45, 7) is -1.75. The molecule has 162 valence electrons. The largest absolute Gasteiger partial charge is 0.477 e. The van der Waals surface area contributed by atoms with Crippen molar-refractivity contribution in [2.24, 2.45) is 5.16 Å². The molecule has 0 saturated carbocycles. The van der Waals surface area contributed by atoms with Crippen molar-refractivity contribution in [3.8, 4) is 0 Å². The Morgan fingerprint density at radius 3 is 2.77 bits per heavy atom. The van der Waals surface area contributed by atoms with E-state index in [1.807, 2.05) is 0 Å². The molecule has 2 aliphatic heterocycles. The van der Waals surface area contributed by atoms with Crippen molar-refractivity contribution in [1.29, 1.82) is 0 Å². The number of carboxylic acid groups (broad SMARTS) is 1. The number of hydrogen-bond donors (Lipinski definition) is 3. The van der Waals surface area contributed by atoms with Gasteiger partial charge >= 0.3 is 12.1 Å². The maximum atomic E-state index is 12.6. The van der Waals surface area contributed by atoms with Gasteiger partial charge in [-0.2, -0.15) is 13.2 Å². The van der Waals surface area contributed by atoms with E-state index in [9.17, 15) is 32.7 Å². The zero-order chi connectivity index (χ0) is 22.2. The number of rotatable bonds is 6. The zero-order valence-electron chi connectivity index (χ0n) is 14.5. The Morgan fingerprint density at radius 1 is 1.50 bits per heavy atom. The second-order valence-corrected chi connectivity index (χ2v) is 8.27. The Bertz CT molecular complexity index is 966. The standard InChI is InChI=1S/C14H11ClF3N5O5S2/c15-4-1-29-11-7(10(25)23(11)8(4)12(26)27)21-9(24)6(5-2-30-13(19)20-5)22-28-3-14(16,17)18/h2,7,11H,1,3H2,(H2,19,20)(H,21,24)(H,26,27)/b22-6+. The van der Waals surface area contributed by atoms with E-state index in [1.165, 1.54) is 5.38 Å². The molecule has 1 fully saturated rings. The third-order valence-corrected chi connectivity index (χ3v) is 6.20. The molecule has 30 heavy (non-hydrogen) atoms. The first-order valence-corrected chi connectivity index (χ1v) is 10.2. The van der Waals surface area contributed by atoms with Gasteiger partial charge in [0.05, 0.1) is 5.03 Å². The van der Waals surface area contributed by atoms with Crippen LogP contribution in [-0.2, 0) is 19.2 Å². The van der Waals surface area contributed by atoms with Crippen molar-refractivity contribution >= 4 is 63.3 Å². The van der Waals surface area contributed by atoms with E-state index >= 15 is 0 Å². The van der Waals surface area contributed by atoms with E-state index < -0.39 is 47.7 Å². The summed E-state index contributed by atoms with van der Waals surface area (Å²) in [5.74, 6) is -3.09. The molecule has 1 aromatic rings. The van der Waals surface area contributed by atoms with E-state index in [0.29, 0.717) is 0 Å². The number of hydrogen-bond acceptors (Lipinski definition) is 9. The van der Waals surface area contributed by atoms with Gasteiger partial charge in [-0.05, 0) is 0 Å². The van der Waals surface area contributed by atoms with Crippen molar-refractivity contribution in [3.05, 3.63) is 21.8 Å². The zero-order valence-corrected chi connectivity index (χ0v) is 16.9. The minimum Gasteiger partial charge on any atom is -0.477 e. The maximum Gasteiger partial charge on any atom is 0.425 e. The van der Waals surface area contributed by atoms with Gasteiger partial charge in [-0.25, -0.2) is 9.78 Å². The number of amides is 2. The summed E-state index contributed by atoms with van der Waals surface area (Å²) in [7, 11) is 0. The van der Waals surface area contributed by atoms with Crippen LogP contribution in [0.5, 0.6) is 0 Å². The SMILES string of the molecule is Nc1nc(/C(=N\OCC(F)(F)F)C(=O)NC2C(=O)N3C(C(=O)O)=C(Cl)CSC23)cs1. The summed E-state index contributed by atoms with van der Waals surface area (Å²) >= 11 is 7.89. The number of nitrogens with one attached hydrogen (secondary N) is 1. The molecule has 4 N–H and O–H groups in total. The summed E-state index contributed by atoms with van der Waals surface area (Å²) < 4.78 is 36.9. The molecule has 3 rings (SSSR count). The Morgan fingerprint density at radius 2 is 2.20 bits per heavy atom. The summed E-state index contributed by atoms with van der Waals surface area (Å²) in [5.41, 5.74) is 4.33. The number of nitrogens with zero attached hydrogens (tertiary/aromatic N) is 3. The van der Waals surface area contributed by atoms with Gasteiger partial charge in [0.2, 0.25) is 6.61 Å². The van der Waals surface area contributed by atoms with Gasteiger partial charge < -0.3 is 21.0 Å². The molecule has 2 amide bonds. The molecule has 2 aliphatic rings. The Balaban J connectivity index is 1.78. The van der Waals surface area contributed by atoms with Crippen LogP contribution in [0.4, 0.5) is 18.3 Å². The molecule has 0 aliphatic carbocycles. The fraction of sp³-hybridized carbons (Fsp3) is 0.357. The van der Waals surface area contributed by atoms with Crippen LogP contribution in [0.1, 0.15) is 5.69 Å². The van der Waals surface area contributed by atoms with Gasteiger partial charge in [-0.15, -0.1) is 23.1 Å². The second kappa shape index (κ2) is 8.31. The van der Waals surface area contributed by atoms with Crippen LogP contribution in [0, 0.1) is 0 Å². The molecule has 2 unspecified atom stereocenters. The molecule has 2 atom stereocenters. The number of alkyl halides is 3. The van der Waals surface area contributed by atoms with E-state index in [-0.39, 0.29) is 27.3 Å². The lowest BCUT2D eigenvalue weighted by atomic mass is 10.0. The topological polar surface area (TPSA) is 147 Å². The first kappa shape index (κ1) is 22.2. The first-order valence-electron chi connectivity index (χ1n) is 7.85. The summed E-state index contributed by atoms with van der Waals surface area (Å²) in [6.07, 6.45) is -4.69. The fourth-order valence-electron chi connectivity index (χ4n) is 2.56. The fourth-order valence-corrected chi connectivity index (χ4v) is 4.66. The van der Waals surface area contributed by atoms with Crippen molar-refractivity contribution in [3.63, 3.8) is 0 Å². The summed E-state index contributed by atoms with van der Waals surface area (Å²) in [4.78, 5) is 45.2. The Hall–Kier alpha value is -2.52. The molecule has 1 saturated heterocycles. The lowest BCUT2D eigenvalue weighted by molar-refractivity contribution is -0.174. The summed E-state index contributed by atoms with van der Waals surface area (Å²) in [5, 5.41) is 15.3. The van der Waals surface area contributed by atoms with E-state index in [2.05, 4.69) is 20.3 Å². The molecule has 0 aromatic carbocycles. The third-order valence-electron chi connectivity index (χ3n) is 3.77. The number of anilines is 1. The molecule has 10 nitrogen and oxygen atoms in total. The normalized spacial score (nSPS) is 21.8. The van der Waals surface area contributed by atoms with Crippen LogP contribution in [0.3, 0.4) is 0 Å². The van der Waals surface area contributed by atoms with Crippen LogP contribution in [0.25, 0.3) is 0 Å². The second-order valence-electron chi connectivity index (χ2n) is 5.82. The molecular weight excluding hydrogens is 475 g/mol. The molecule has 0 bridgehead atoms. The number of thiazole rings is 1. The highest BCUT2D eigenvalue weighted by molar-refractivity contribution is 8.00. The van der Waals surface area contributed by atoms with Gasteiger partial charge in [-0.3, -0.25) is 14.5 Å². The van der Waals surface area contributed by atoms with Crippen molar-refractivity contribution in [2.75, 3.05) is 18.1 Å². The number of nitrogen functional groups attached to an aromatic ring is 1. The minimum absolute atomic E-state index is 0.0253. The molecule has 16 heteroatoms. The predicted octanol–water partition coefficient (Wildman–Crippen LogP) is 0.943. The van der Waals surface area contributed by atoms with Crippen molar-refractivity contribution in [1.82, 2.24) is 15.2 Å². The number of carbonyl (C=O) groups is 3. The third kappa shape index (κ3) is 4.46. The number of aromatic nitrogens is 1. The number of carboxylic acids is 1. The number of halogens is 4. The number of carbonyl (C=O) groups excluding carboxylic acids is 2. The highest BCUT2D eigenvalue weighted by Crippen LogP contribution is 2.41. The van der Waals surface area contributed by atoms with Crippen molar-refractivity contribution in [2.45, 2.75) is 17.6 Å². The van der Waals surface area contributed by atoms with Gasteiger partial charge in [0.1, 0.15) is 22.8 Å². The van der Waals surface area contributed by atoms with Crippen LogP contribution in [-0.4, -0.2) is 68.4 Å². The highest BCUT2D eigenvalue weighted by Gasteiger charge is 2.54. The number of nitrogens with two attached hydrogens (primary N) is 1. The van der Waals surface area contributed by atoms with Crippen LogP contribution >= 0.6 is 34.7 Å². The smallest absolute Gasteiger partial charge is 0.425 e. The molecule has 1 aromatic heterocycles. The average Bonchev–Trinajstić information content (AvgIpc) is 3.07. The molecule has 3 heterocycles. The van der Waals surface area contributed by atoms with Gasteiger partial charge in [0.15, 0.2) is 10.8 Å². The van der Waals surface area contributed by atoms with E-state index in [1.54, 1.807) is 0 Å². The molecule has 0 radical (unpaired) electrons. The number of fused-ring (bicyclic) bond motifs is 1. The molecule has 0 spiro atoms. The highest BCUT2D eigenvalue weighted by atomic mass is 35.5.